The molecule has 1 aromatic rings. The summed E-state index contributed by atoms with van der Waals surface area (Å²) in [5.74, 6) is -0.225. The second kappa shape index (κ2) is 5.83. The van der Waals surface area contributed by atoms with Gasteiger partial charge in [0.15, 0.2) is 0 Å². The maximum atomic E-state index is 12.9. The smallest absolute Gasteiger partial charge is 0.123 e. The number of benzene rings is 1. The van der Waals surface area contributed by atoms with Gasteiger partial charge < -0.3 is 10.4 Å². The molecule has 1 unspecified atom stereocenters. The van der Waals surface area contributed by atoms with Crippen LogP contribution in [0, 0.1) is 5.82 Å². The molecule has 1 rings (SSSR count). The molecule has 0 spiro atoms. The zero-order chi connectivity index (χ0) is 11.3. The Morgan fingerprint density at radius 2 is 2.20 bits per heavy atom. The third-order valence-corrected chi connectivity index (χ3v) is 2.48. The van der Waals surface area contributed by atoms with E-state index in [4.69, 9.17) is 0 Å². The van der Waals surface area contributed by atoms with E-state index in [1.54, 1.807) is 6.07 Å². The third kappa shape index (κ3) is 3.98. The van der Waals surface area contributed by atoms with Crippen LogP contribution in [-0.2, 0) is 0 Å². The first-order valence-electron chi connectivity index (χ1n) is 5.30. The van der Waals surface area contributed by atoms with E-state index in [0.29, 0.717) is 6.54 Å². The first kappa shape index (κ1) is 12.1. The van der Waals surface area contributed by atoms with Crippen LogP contribution in [0.3, 0.4) is 0 Å². The molecule has 0 aliphatic carbocycles. The highest BCUT2D eigenvalue weighted by atomic mass is 19.1. The monoisotopic (exact) mass is 211 g/mol. The van der Waals surface area contributed by atoms with Crippen molar-refractivity contribution in [3.05, 3.63) is 35.6 Å². The van der Waals surface area contributed by atoms with Crippen LogP contribution in [0.4, 0.5) is 4.39 Å². The minimum Gasteiger partial charge on any atom is -0.392 e. The van der Waals surface area contributed by atoms with E-state index in [1.807, 2.05) is 19.9 Å². The second-order valence-electron chi connectivity index (χ2n) is 3.75. The van der Waals surface area contributed by atoms with Gasteiger partial charge in [-0.3, -0.25) is 0 Å². The van der Waals surface area contributed by atoms with Crippen LogP contribution in [0.2, 0.25) is 0 Å². The molecule has 2 atom stereocenters. The molecular weight excluding hydrogens is 193 g/mol. The van der Waals surface area contributed by atoms with Crippen molar-refractivity contribution in [2.24, 2.45) is 0 Å². The van der Waals surface area contributed by atoms with Crippen molar-refractivity contribution in [1.82, 2.24) is 5.32 Å². The summed E-state index contributed by atoms with van der Waals surface area (Å²) in [5.41, 5.74) is 0.901. The van der Waals surface area contributed by atoms with Gasteiger partial charge in [-0.25, -0.2) is 4.39 Å². The zero-order valence-corrected chi connectivity index (χ0v) is 9.20. The second-order valence-corrected chi connectivity index (χ2v) is 3.75. The first-order chi connectivity index (χ1) is 7.13. The molecule has 0 saturated heterocycles. The molecule has 0 radical (unpaired) electrons. The fraction of sp³-hybridized carbons (Fsp3) is 0.500. The lowest BCUT2D eigenvalue weighted by Crippen LogP contribution is -2.28. The molecule has 0 fully saturated rings. The number of halogens is 1. The highest BCUT2D eigenvalue weighted by molar-refractivity contribution is 5.19. The maximum absolute atomic E-state index is 12.9. The Kier molecular flexibility index (Phi) is 4.72. The summed E-state index contributed by atoms with van der Waals surface area (Å²) in [5, 5.41) is 12.5. The summed E-state index contributed by atoms with van der Waals surface area (Å²) >= 11 is 0. The minimum atomic E-state index is -0.332. The molecule has 2 nitrogen and oxygen atoms in total. The van der Waals surface area contributed by atoms with E-state index in [0.717, 1.165) is 12.0 Å². The molecule has 2 N–H and O–H groups in total. The quantitative estimate of drug-likeness (QED) is 0.783. The molecule has 84 valence electrons. The zero-order valence-electron chi connectivity index (χ0n) is 9.20. The van der Waals surface area contributed by atoms with E-state index < -0.39 is 0 Å². The molecule has 0 amide bonds. The minimum absolute atomic E-state index is 0.0573. The predicted octanol–water partition coefficient (Wildman–Crippen LogP) is 2.25. The summed E-state index contributed by atoms with van der Waals surface area (Å²) in [6, 6.07) is 6.56. The van der Waals surface area contributed by atoms with Crippen LogP contribution in [0.25, 0.3) is 0 Å². The first-order valence-corrected chi connectivity index (χ1v) is 5.30. The molecule has 0 aromatic heterocycles. The molecule has 0 aliphatic heterocycles. The highest BCUT2D eigenvalue weighted by Gasteiger charge is 2.07. The van der Waals surface area contributed by atoms with Gasteiger partial charge in [0, 0.05) is 12.6 Å². The van der Waals surface area contributed by atoms with Gasteiger partial charge in [-0.1, -0.05) is 19.1 Å². The van der Waals surface area contributed by atoms with Gasteiger partial charge in [-0.05, 0) is 31.0 Å². The lowest BCUT2D eigenvalue weighted by atomic mass is 10.1. The average Bonchev–Trinajstić information content (AvgIpc) is 2.25. The number of rotatable bonds is 5. The Hall–Kier alpha value is -0.930. The molecule has 0 heterocycles. The van der Waals surface area contributed by atoms with E-state index in [2.05, 4.69) is 5.32 Å². The van der Waals surface area contributed by atoms with E-state index in [1.165, 1.54) is 12.1 Å². The Morgan fingerprint density at radius 1 is 1.47 bits per heavy atom. The fourth-order valence-electron chi connectivity index (χ4n) is 1.35. The third-order valence-electron chi connectivity index (χ3n) is 2.48. The van der Waals surface area contributed by atoms with Gasteiger partial charge >= 0.3 is 0 Å². The molecule has 0 bridgehead atoms. The highest BCUT2D eigenvalue weighted by Crippen LogP contribution is 2.13. The number of aliphatic hydroxyl groups is 1. The number of nitrogens with one attached hydrogen (secondary N) is 1. The van der Waals surface area contributed by atoms with Gasteiger partial charge in [-0.2, -0.15) is 0 Å². The standard InChI is InChI=1S/C12H18FNO/c1-3-12(15)8-14-9(2)10-5-4-6-11(13)7-10/h4-7,9,12,14-15H,3,8H2,1-2H3/t9-,12?/m1/s1. The van der Waals surface area contributed by atoms with Crippen molar-refractivity contribution in [2.45, 2.75) is 32.4 Å². The largest absolute Gasteiger partial charge is 0.392 e. The van der Waals surface area contributed by atoms with Gasteiger partial charge in [0.25, 0.3) is 0 Å². The van der Waals surface area contributed by atoms with Crippen molar-refractivity contribution in [2.75, 3.05) is 6.54 Å². The summed E-state index contributed by atoms with van der Waals surface area (Å²) in [7, 11) is 0. The van der Waals surface area contributed by atoms with E-state index in [-0.39, 0.29) is 18.0 Å². The molecule has 0 saturated carbocycles. The van der Waals surface area contributed by atoms with Crippen molar-refractivity contribution in [3.8, 4) is 0 Å². The number of hydrogen-bond donors (Lipinski definition) is 2. The molecule has 3 heteroatoms. The van der Waals surface area contributed by atoms with Crippen LogP contribution >= 0.6 is 0 Å². The SMILES string of the molecule is CCC(O)CN[C@H](C)c1cccc(F)c1. The van der Waals surface area contributed by atoms with Gasteiger partial charge in [0.05, 0.1) is 6.10 Å². The van der Waals surface area contributed by atoms with Gasteiger partial charge in [0.2, 0.25) is 0 Å². The number of hydrogen-bond acceptors (Lipinski definition) is 2. The van der Waals surface area contributed by atoms with Crippen LogP contribution in [0.1, 0.15) is 31.9 Å². The molecule has 15 heavy (non-hydrogen) atoms. The van der Waals surface area contributed by atoms with Crippen molar-refractivity contribution in [1.29, 1.82) is 0 Å². The summed E-state index contributed by atoms with van der Waals surface area (Å²) in [4.78, 5) is 0. The predicted molar refractivity (Wildman–Crippen MR) is 59.1 cm³/mol. The van der Waals surface area contributed by atoms with Crippen LogP contribution < -0.4 is 5.32 Å². The van der Waals surface area contributed by atoms with Crippen LogP contribution in [0.15, 0.2) is 24.3 Å². The summed E-state index contributed by atoms with van der Waals surface area (Å²) in [6.07, 6.45) is 0.393. The van der Waals surface area contributed by atoms with E-state index >= 15 is 0 Å². The maximum Gasteiger partial charge on any atom is 0.123 e. The summed E-state index contributed by atoms with van der Waals surface area (Å²) in [6.45, 7) is 4.42. The van der Waals surface area contributed by atoms with Crippen molar-refractivity contribution < 1.29 is 9.50 Å². The Balaban J connectivity index is 2.50. The molecule has 1 aromatic carbocycles. The molecule has 0 aliphatic rings. The lowest BCUT2D eigenvalue weighted by Gasteiger charge is -2.16. The topological polar surface area (TPSA) is 32.3 Å². The van der Waals surface area contributed by atoms with Gasteiger partial charge in [-0.15, -0.1) is 0 Å². The Morgan fingerprint density at radius 3 is 2.80 bits per heavy atom. The van der Waals surface area contributed by atoms with Crippen LogP contribution in [0.5, 0.6) is 0 Å². The Labute approximate surface area is 90.1 Å². The van der Waals surface area contributed by atoms with Crippen LogP contribution in [-0.4, -0.2) is 17.8 Å². The van der Waals surface area contributed by atoms with Gasteiger partial charge in [0.1, 0.15) is 5.82 Å². The number of aliphatic hydroxyl groups excluding tert-OH is 1. The fourth-order valence-corrected chi connectivity index (χ4v) is 1.35. The lowest BCUT2D eigenvalue weighted by molar-refractivity contribution is 0.163. The van der Waals surface area contributed by atoms with E-state index in [9.17, 15) is 9.50 Å². The van der Waals surface area contributed by atoms with Crippen molar-refractivity contribution in [3.63, 3.8) is 0 Å². The van der Waals surface area contributed by atoms with Crippen molar-refractivity contribution >= 4 is 0 Å². The Bertz CT molecular complexity index is 303. The molecular formula is C12H18FNO. The normalized spacial score (nSPS) is 14.9. The summed E-state index contributed by atoms with van der Waals surface area (Å²) < 4.78 is 12.9. The average molecular weight is 211 g/mol.